The summed E-state index contributed by atoms with van der Waals surface area (Å²) in [5, 5.41) is 13.0. The molecule has 2 amide bonds. The van der Waals surface area contributed by atoms with Crippen LogP contribution in [0, 0.1) is 5.41 Å². The van der Waals surface area contributed by atoms with Crippen molar-refractivity contribution in [3.8, 4) is 0 Å². The highest BCUT2D eigenvalue weighted by molar-refractivity contribution is 5.74. The highest BCUT2D eigenvalue weighted by Gasteiger charge is 2.36. The third-order valence-corrected chi connectivity index (χ3v) is 5.05. The number of rotatable bonds is 5. The number of piperidine rings is 1. The molecule has 21 heavy (non-hydrogen) atoms. The molecule has 2 fully saturated rings. The molecule has 0 aromatic rings. The van der Waals surface area contributed by atoms with Gasteiger partial charge in [-0.2, -0.15) is 0 Å². The Morgan fingerprint density at radius 3 is 2.76 bits per heavy atom. The fourth-order valence-corrected chi connectivity index (χ4v) is 3.62. The molecule has 0 radical (unpaired) electrons. The van der Waals surface area contributed by atoms with Gasteiger partial charge in [-0.1, -0.05) is 19.3 Å². The van der Waals surface area contributed by atoms with Gasteiger partial charge in [0.1, 0.15) is 0 Å². The molecule has 1 saturated carbocycles. The van der Waals surface area contributed by atoms with E-state index in [0.717, 1.165) is 38.6 Å². The van der Waals surface area contributed by atoms with Crippen molar-refractivity contribution in [1.82, 2.24) is 10.2 Å². The predicted octanol–water partition coefficient (Wildman–Crippen LogP) is 2.14. The lowest BCUT2D eigenvalue weighted by atomic mass is 9.78. The van der Waals surface area contributed by atoms with E-state index in [0.29, 0.717) is 19.2 Å². The summed E-state index contributed by atoms with van der Waals surface area (Å²) < 4.78 is 5.16. The van der Waals surface area contributed by atoms with Crippen molar-refractivity contribution >= 4 is 6.03 Å². The summed E-state index contributed by atoms with van der Waals surface area (Å²) in [5.41, 5.74) is -0.182. The molecule has 2 aliphatic rings. The number of urea groups is 1. The molecular weight excluding hydrogens is 268 g/mol. The van der Waals surface area contributed by atoms with Crippen LogP contribution >= 0.6 is 0 Å². The second kappa shape index (κ2) is 7.99. The van der Waals surface area contributed by atoms with Crippen molar-refractivity contribution in [2.24, 2.45) is 5.41 Å². The lowest BCUT2D eigenvalue weighted by Gasteiger charge is -2.42. The van der Waals surface area contributed by atoms with Crippen LogP contribution in [0.2, 0.25) is 0 Å². The molecule has 0 unspecified atom stereocenters. The number of hydrogen-bond acceptors (Lipinski definition) is 3. The first-order valence-corrected chi connectivity index (χ1v) is 8.34. The second-order valence-electron chi connectivity index (χ2n) is 6.71. The van der Waals surface area contributed by atoms with E-state index >= 15 is 0 Å². The molecule has 1 aliphatic heterocycles. The number of nitrogens with one attached hydrogen (secondary N) is 1. The maximum absolute atomic E-state index is 12.4. The normalized spacial score (nSPS) is 27.6. The summed E-state index contributed by atoms with van der Waals surface area (Å²) in [6, 6.07) is 0.396. The average molecular weight is 298 g/mol. The van der Waals surface area contributed by atoms with Gasteiger partial charge in [-0.3, -0.25) is 0 Å². The molecule has 0 spiro atoms. The Morgan fingerprint density at radius 2 is 2.10 bits per heavy atom. The summed E-state index contributed by atoms with van der Waals surface area (Å²) in [4.78, 5) is 14.3. The summed E-state index contributed by atoms with van der Waals surface area (Å²) in [6.45, 7) is 2.21. The van der Waals surface area contributed by atoms with Crippen LogP contribution < -0.4 is 5.32 Å². The Morgan fingerprint density at radius 1 is 1.33 bits per heavy atom. The highest BCUT2D eigenvalue weighted by atomic mass is 16.5. The van der Waals surface area contributed by atoms with Crippen LogP contribution in [-0.2, 0) is 4.74 Å². The second-order valence-corrected chi connectivity index (χ2v) is 6.71. The van der Waals surface area contributed by atoms with Crippen LogP contribution in [0.25, 0.3) is 0 Å². The van der Waals surface area contributed by atoms with Gasteiger partial charge < -0.3 is 20.1 Å². The van der Waals surface area contributed by atoms with Crippen molar-refractivity contribution in [3.63, 3.8) is 0 Å². The smallest absolute Gasteiger partial charge is 0.317 e. The number of amides is 2. The van der Waals surface area contributed by atoms with E-state index in [4.69, 9.17) is 4.74 Å². The minimum absolute atomic E-state index is 0.0526. The quantitative estimate of drug-likeness (QED) is 0.817. The standard InChI is InChI=1S/C16H30N2O3/c1-21-11-9-16(13-19)8-5-10-18(12-16)15(20)17-14-6-3-2-4-7-14/h14,19H,2-13H2,1H3,(H,17,20)/t16-/m0/s1. The van der Waals surface area contributed by atoms with Crippen molar-refractivity contribution in [3.05, 3.63) is 0 Å². The van der Waals surface area contributed by atoms with Gasteiger partial charge in [0.2, 0.25) is 0 Å². The first-order chi connectivity index (χ1) is 10.2. The molecule has 5 heteroatoms. The van der Waals surface area contributed by atoms with Crippen LogP contribution in [0.15, 0.2) is 0 Å². The van der Waals surface area contributed by atoms with Crippen LogP contribution in [0.4, 0.5) is 4.79 Å². The Bertz CT molecular complexity index is 331. The van der Waals surface area contributed by atoms with Gasteiger partial charge in [0.25, 0.3) is 0 Å². The summed E-state index contributed by atoms with van der Waals surface area (Å²) in [6.07, 6.45) is 8.69. The summed E-state index contributed by atoms with van der Waals surface area (Å²) >= 11 is 0. The van der Waals surface area contributed by atoms with Crippen LogP contribution in [0.1, 0.15) is 51.4 Å². The molecule has 2 rings (SSSR count). The Labute approximate surface area is 128 Å². The summed E-state index contributed by atoms with van der Waals surface area (Å²) in [7, 11) is 1.68. The van der Waals surface area contributed by atoms with Gasteiger partial charge in [-0.25, -0.2) is 4.79 Å². The minimum Gasteiger partial charge on any atom is -0.396 e. The first kappa shape index (κ1) is 16.6. The van der Waals surface area contributed by atoms with E-state index in [1.165, 1.54) is 19.3 Å². The molecule has 1 aliphatic carbocycles. The van der Waals surface area contributed by atoms with E-state index in [2.05, 4.69) is 5.32 Å². The maximum atomic E-state index is 12.4. The highest BCUT2D eigenvalue weighted by Crippen LogP contribution is 2.33. The fraction of sp³-hybridized carbons (Fsp3) is 0.938. The van der Waals surface area contributed by atoms with Crippen molar-refractivity contribution in [2.75, 3.05) is 33.4 Å². The number of methoxy groups -OCH3 is 1. The van der Waals surface area contributed by atoms with E-state index in [9.17, 15) is 9.90 Å². The van der Waals surface area contributed by atoms with Gasteiger partial charge in [0.15, 0.2) is 0 Å². The Balaban J connectivity index is 1.87. The third kappa shape index (κ3) is 4.58. The molecular formula is C16H30N2O3. The lowest BCUT2D eigenvalue weighted by Crippen LogP contribution is -2.53. The van der Waals surface area contributed by atoms with Crippen molar-refractivity contribution < 1.29 is 14.6 Å². The molecule has 122 valence electrons. The average Bonchev–Trinajstić information content (AvgIpc) is 2.54. The number of nitrogens with zero attached hydrogens (tertiary/aromatic N) is 1. The summed E-state index contributed by atoms with van der Waals surface area (Å²) in [5.74, 6) is 0. The monoisotopic (exact) mass is 298 g/mol. The Kier molecular flexibility index (Phi) is 6.30. The largest absolute Gasteiger partial charge is 0.396 e. The van der Waals surface area contributed by atoms with Crippen molar-refractivity contribution in [1.29, 1.82) is 0 Å². The minimum atomic E-state index is -0.182. The van der Waals surface area contributed by atoms with E-state index < -0.39 is 0 Å². The lowest BCUT2D eigenvalue weighted by molar-refractivity contribution is 0.0195. The van der Waals surface area contributed by atoms with Crippen molar-refractivity contribution in [2.45, 2.75) is 57.4 Å². The van der Waals surface area contributed by atoms with Gasteiger partial charge in [0.05, 0.1) is 6.61 Å². The van der Waals surface area contributed by atoms with Gasteiger partial charge >= 0.3 is 6.03 Å². The van der Waals surface area contributed by atoms with Gasteiger partial charge in [0, 0.05) is 38.3 Å². The van der Waals surface area contributed by atoms with Gasteiger partial charge in [-0.15, -0.1) is 0 Å². The molecule has 2 N–H and O–H groups in total. The molecule has 1 heterocycles. The third-order valence-electron chi connectivity index (χ3n) is 5.05. The number of hydrogen-bond donors (Lipinski definition) is 2. The molecule has 1 saturated heterocycles. The number of aliphatic hydroxyl groups is 1. The van der Waals surface area contributed by atoms with Crippen LogP contribution in [0.5, 0.6) is 0 Å². The first-order valence-electron chi connectivity index (χ1n) is 8.34. The Hall–Kier alpha value is -0.810. The van der Waals surface area contributed by atoms with E-state index in [-0.39, 0.29) is 18.1 Å². The molecule has 0 aromatic carbocycles. The van der Waals surface area contributed by atoms with Crippen LogP contribution in [0.3, 0.4) is 0 Å². The van der Waals surface area contributed by atoms with E-state index in [1.807, 2.05) is 4.90 Å². The number of likely N-dealkylation sites (tertiary alicyclic amines) is 1. The van der Waals surface area contributed by atoms with Crippen LogP contribution in [-0.4, -0.2) is 55.5 Å². The maximum Gasteiger partial charge on any atom is 0.317 e. The van der Waals surface area contributed by atoms with Gasteiger partial charge in [-0.05, 0) is 32.1 Å². The SMILES string of the molecule is COCC[C@@]1(CO)CCCN(C(=O)NC2CCCCC2)C1. The zero-order valence-electron chi connectivity index (χ0n) is 13.3. The molecule has 0 aromatic heterocycles. The number of aliphatic hydroxyl groups excluding tert-OH is 1. The molecule has 0 bridgehead atoms. The zero-order chi connectivity index (χ0) is 15.1. The zero-order valence-corrected chi connectivity index (χ0v) is 13.3. The van der Waals surface area contributed by atoms with E-state index in [1.54, 1.807) is 7.11 Å². The molecule has 5 nitrogen and oxygen atoms in total. The molecule has 1 atom stereocenters. The topological polar surface area (TPSA) is 61.8 Å². The fourth-order valence-electron chi connectivity index (χ4n) is 3.62. The predicted molar refractivity (Wildman–Crippen MR) is 82.2 cm³/mol. The number of ether oxygens (including phenoxy) is 1. The number of carbonyl (C=O) groups is 1. The number of carbonyl (C=O) groups excluding carboxylic acids is 1.